The van der Waals surface area contributed by atoms with Crippen molar-refractivity contribution in [3.8, 4) is 0 Å². The number of benzene rings is 1. The summed E-state index contributed by atoms with van der Waals surface area (Å²) >= 11 is 3.24. The minimum Gasteiger partial charge on any atom is -0.337 e. The van der Waals surface area contributed by atoms with E-state index >= 15 is 0 Å². The minimum atomic E-state index is 0.0350. The fourth-order valence-electron chi connectivity index (χ4n) is 2.09. The molecule has 1 amide bonds. The molecular formula is C16H16N4OS2. The van der Waals surface area contributed by atoms with Gasteiger partial charge in [0.1, 0.15) is 6.33 Å². The number of rotatable bonds is 6. The van der Waals surface area contributed by atoms with Gasteiger partial charge in [0.25, 0.3) is 5.91 Å². The molecule has 0 spiro atoms. The highest BCUT2D eigenvalue weighted by Gasteiger charge is 2.12. The lowest BCUT2D eigenvalue weighted by molar-refractivity contribution is 0.0786. The lowest BCUT2D eigenvalue weighted by Crippen LogP contribution is -2.25. The van der Waals surface area contributed by atoms with Crippen molar-refractivity contribution in [2.24, 2.45) is 0 Å². The highest BCUT2D eigenvalue weighted by atomic mass is 32.2. The maximum atomic E-state index is 12.4. The number of H-pyrrole nitrogens is 1. The van der Waals surface area contributed by atoms with Crippen molar-refractivity contribution in [1.29, 1.82) is 0 Å². The number of aromatic nitrogens is 3. The molecule has 7 heteroatoms. The number of nitrogens with one attached hydrogen (secondary N) is 1. The van der Waals surface area contributed by atoms with Gasteiger partial charge in [-0.05, 0) is 29.1 Å². The van der Waals surface area contributed by atoms with Gasteiger partial charge in [0.15, 0.2) is 5.16 Å². The predicted octanol–water partition coefficient (Wildman–Crippen LogP) is 3.43. The Hall–Kier alpha value is -2.12. The molecule has 0 atom stereocenters. The Morgan fingerprint density at radius 3 is 2.78 bits per heavy atom. The Morgan fingerprint density at radius 1 is 1.30 bits per heavy atom. The first-order valence-corrected chi connectivity index (χ1v) is 8.94. The molecule has 5 nitrogen and oxygen atoms in total. The molecule has 0 fully saturated rings. The normalized spacial score (nSPS) is 10.7. The predicted molar refractivity (Wildman–Crippen MR) is 92.5 cm³/mol. The van der Waals surface area contributed by atoms with Crippen LogP contribution in [0.4, 0.5) is 0 Å². The van der Waals surface area contributed by atoms with E-state index < -0.39 is 0 Å². The third kappa shape index (κ3) is 4.20. The van der Waals surface area contributed by atoms with Crippen LogP contribution in [0.15, 0.2) is 53.3 Å². The summed E-state index contributed by atoms with van der Waals surface area (Å²) in [6, 6.07) is 11.8. The number of hydrogen-bond donors (Lipinski definition) is 1. The minimum absolute atomic E-state index is 0.0350. The molecule has 0 aliphatic rings. The first-order chi connectivity index (χ1) is 11.2. The maximum absolute atomic E-state index is 12.4. The van der Waals surface area contributed by atoms with Crippen molar-refractivity contribution in [3.63, 3.8) is 0 Å². The second kappa shape index (κ2) is 7.43. The Balaban J connectivity index is 1.58. The van der Waals surface area contributed by atoms with Crippen LogP contribution in [0, 0.1) is 0 Å². The van der Waals surface area contributed by atoms with Crippen molar-refractivity contribution in [2.45, 2.75) is 17.5 Å². The van der Waals surface area contributed by atoms with Crippen LogP contribution in [0.25, 0.3) is 0 Å². The van der Waals surface area contributed by atoms with Crippen LogP contribution in [0.2, 0.25) is 0 Å². The zero-order valence-electron chi connectivity index (χ0n) is 12.6. The van der Waals surface area contributed by atoms with Gasteiger partial charge in [-0.25, -0.2) is 4.98 Å². The highest BCUT2D eigenvalue weighted by molar-refractivity contribution is 7.98. The van der Waals surface area contributed by atoms with Crippen LogP contribution >= 0.6 is 23.1 Å². The molecule has 118 valence electrons. The van der Waals surface area contributed by atoms with Gasteiger partial charge in [-0.1, -0.05) is 30.0 Å². The molecule has 0 unspecified atom stereocenters. The van der Waals surface area contributed by atoms with Gasteiger partial charge in [-0.3, -0.25) is 9.89 Å². The third-order valence-corrected chi connectivity index (χ3v) is 5.10. The summed E-state index contributed by atoms with van der Waals surface area (Å²) in [6.45, 7) is 0.638. The molecule has 0 aliphatic carbocycles. The Kier molecular flexibility index (Phi) is 5.09. The molecule has 3 aromatic rings. The number of aromatic amines is 1. The summed E-state index contributed by atoms with van der Waals surface area (Å²) in [4.78, 5) is 19.4. The molecule has 23 heavy (non-hydrogen) atoms. The van der Waals surface area contributed by atoms with E-state index in [-0.39, 0.29) is 5.91 Å². The zero-order valence-corrected chi connectivity index (χ0v) is 14.2. The van der Waals surface area contributed by atoms with E-state index in [1.165, 1.54) is 11.2 Å². The number of carbonyl (C=O) groups is 1. The van der Waals surface area contributed by atoms with E-state index in [0.717, 1.165) is 16.5 Å². The van der Waals surface area contributed by atoms with Crippen LogP contribution in [-0.4, -0.2) is 33.0 Å². The maximum Gasteiger partial charge on any atom is 0.253 e. The summed E-state index contributed by atoms with van der Waals surface area (Å²) in [5.41, 5.74) is 1.85. The van der Waals surface area contributed by atoms with Gasteiger partial charge >= 0.3 is 0 Å². The molecule has 0 saturated carbocycles. The van der Waals surface area contributed by atoms with E-state index in [1.807, 2.05) is 48.8 Å². The second-order valence-electron chi connectivity index (χ2n) is 5.02. The van der Waals surface area contributed by atoms with Crippen molar-refractivity contribution >= 4 is 29.0 Å². The summed E-state index contributed by atoms with van der Waals surface area (Å²) in [5, 5.41) is 9.45. The van der Waals surface area contributed by atoms with Gasteiger partial charge < -0.3 is 4.90 Å². The standard InChI is InChI=1S/C16H16N4OS2/c1-20(9-14-3-2-8-22-14)15(21)13-6-4-12(5-7-13)10-23-16-17-11-18-19-16/h2-8,11H,9-10H2,1H3,(H,17,18,19). The monoisotopic (exact) mass is 344 g/mol. The van der Waals surface area contributed by atoms with E-state index in [1.54, 1.807) is 28.0 Å². The average Bonchev–Trinajstić information content (AvgIpc) is 3.26. The lowest BCUT2D eigenvalue weighted by Gasteiger charge is -2.16. The third-order valence-electron chi connectivity index (χ3n) is 3.29. The molecule has 2 aromatic heterocycles. The largest absolute Gasteiger partial charge is 0.337 e. The van der Waals surface area contributed by atoms with Gasteiger partial charge in [-0.2, -0.15) is 5.10 Å². The zero-order chi connectivity index (χ0) is 16.1. The summed E-state index contributed by atoms with van der Waals surface area (Å²) in [6.07, 6.45) is 1.49. The van der Waals surface area contributed by atoms with Gasteiger partial charge in [0.2, 0.25) is 0 Å². The number of thiophene rings is 1. The fourth-order valence-corrected chi connectivity index (χ4v) is 3.58. The van der Waals surface area contributed by atoms with E-state index in [9.17, 15) is 4.79 Å². The number of carbonyl (C=O) groups excluding carboxylic acids is 1. The van der Waals surface area contributed by atoms with Crippen LogP contribution in [-0.2, 0) is 12.3 Å². The molecule has 1 N–H and O–H groups in total. The SMILES string of the molecule is CN(Cc1cccs1)C(=O)c1ccc(CSc2ncn[nH]2)cc1. The molecule has 0 aliphatic heterocycles. The van der Waals surface area contributed by atoms with Crippen molar-refractivity contribution in [1.82, 2.24) is 20.1 Å². The van der Waals surface area contributed by atoms with Crippen LogP contribution in [0.1, 0.15) is 20.8 Å². The van der Waals surface area contributed by atoms with Crippen LogP contribution in [0.5, 0.6) is 0 Å². The van der Waals surface area contributed by atoms with Crippen molar-refractivity contribution in [3.05, 3.63) is 64.1 Å². The number of nitrogens with zero attached hydrogens (tertiary/aromatic N) is 3. The van der Waals surface area contributed by atoms with Crippen LogP contribution < -0.4 is 0 Å². The number of amides is 1. The van der Waals surface area contributed by atoms with Crippen molar-refractivity contribution in [2.75, 3.05) is 7.05 Å². The number of thioether (sulfide) groups is 1. The van der Waals surface area contributed by atoms with Gasteiger partial charge in [-0.15, -0.1) is 11.3 Å². The van der Waals surface area contributed by atoms with E-state index in [2.05, 4.69) is 15.2 Å². The van der Waals surface area contributed by atoms with Crippen molar-refractivity contribution < 1.29 is 4.79 Å². The molecule has 0 saturated heterocycles. The molecule has 2 heterocycles. The Labute approximate surface area is 142 Å². The molecule has 3 rings (SSSR count). The highest BCUT2D eigenvalue weighted by Crippen LogP contribution is 2.19. The lowest BCUT2D eigenvalue weighted by atomic mass is 10.1. The van der Waals surface area contributed by atoms with Crippen LogP contribution in [0.3, 0.4) is 0 Å². The Morgan fingerprint density at radius 2 is 2.13 bits per heavy atom. The molecule has 0 bridgehead atoms. The quantitative estimate of drug-likeness (QED) is 0.696. The summed E-state index contributed by atoms with van der Waals surface area (Å²) in [5.74, 6) is 0.821. The Bertz CT molecular complexity index is 739. The molecule has 0 radical (unpaired) electrons. The van der Waals surface area contributed by atoms with E-state index in [0.29, 0.717) is 12.1 Å². The smallest absolute Gasteiger partial charge is 0.253 e. The van der Waals surface area contributed by atoms with Gasteiger partial charge in [0.05, 0.1) is 6.54 Å². The fraction of sp³-hybridized carbons (Fsp3) is 0.188. The van der Waals surface area contributed by atoms with Gasteiger partial charge in [0, 0.05) is 23.2 Å². The second-order valence-corrected chi connectivity index (χ2v) is 7.01. The number of hydrogen-bond acceptors (Lipinski definition) is 5. The van der Waals surface area contributed by atoms with E-state index in [4.69, 9.17) is 0 Å². The summed E-state index contributed by atoms with van der Waals surface area (Å²) in [7, 11) is 1.83. The average molecular weight is 344 g/mol. The first-order valence-electron chi connectivity index (χ1n) is 7.07. The topological polar surface area (TPSA) is 61.9 Å². The molecular weight excluding hydrogens is 328 g/mol. The summed E-state index contributed by atoms with van der Waals surface area (Å²) < 4.78 is 0. The first kappa shape index (κ1) is 15.8. The molecule has 1 aromatic carbocycles.